The van der Waals surface area contributed by atoms with Gasteiger partial charge in [-0.2, -0.15) is 0 Å². The quantitative estimate of drug-likeness (QED) is 0.780. The molecule has 0 saturated carbocycles. The highest BCUT2D eigenvalue weighted by Crippen LogP contribution is 2.17. The summed E-state index contributed by atoms with van der Waals surface area (Å²) in [5, 5.41) is 8.33. The number of anilines is 1. The molecule has 0 aliphatic rings. The Morgan fingerprint density at radius 3 is 2.37 bits per heavy atom. The Hall–Kier alpha value is -2.04. The van der Waals surface area contributed by atoms with Gasteiger partial charge in [0.15, 0.2) is 0 Å². The van der Waals surface area contributed by atoms with Crippen molar-refractivity contribution in [2.24, 2.45) is 0 Å². The molecule has 1 aromatic rings. The van der Waals surface area contributed by atoms with Gasteiger partial charge in [0, 0.05) is 18.7 Å². The summed E-state index contributed by atoms with van der Waals surface area (Å²) in [7, 11) is 0. The van der Waals surface area contributed by atoms with Gasteiger partial charge in [-0.15, -0.1) is 0 Å². The van der Waals surface area contributed by atoms with E-state index in [2.05, 4.69) is 16.0 Å². The van der Waals surface area contributed by atoms with Gasteiger partial charge in [-0.25, -0.2) is 4.79 Å². The second-order valence-electron chi connectivity index (χ2n) is 4.80. The van der Waals surface area contributed by atoms with Crippen LogP contribution in [0.1, 0.15) is 39.3 Å². The van der Waals surface area contributed by atoms with Gasteiger partial charge in [0.1, 0.15) is 0 Å². The van der Waals surface area contributed by atoms with Crippen LogP contribution in [-0.4, -0.2) is 18.0 Å². The highest BCUT2D eigenvalue weighted by molar-refractivity contribution is 5.88. The van der Waals surface area contributed by atoms with Gasteiger partial charge in [-0.3, -0.25) is 4.79 Å². The summed E-state index contributed by atoms with van der Waals surface area (Å²) >= 11 is 0. The molecule has 1 unspecified atom stereocenters. The summed E-state index contributed by atoms with van der Waals surface area (Å²) < 4.78 is 0. The molecule has 5 nitrogen and oxygen atoms in total. The van der Waals surface area contributed by atoms with Crippen molar-refractivity contribution in [3.05, 3.63) is 29.8 Å². The SMILES string of the molecule is CC(=O)Nc1cccc(C(C)NC(=O)NC(C)C)c1. The van der Waals surface area contributed by atoms with Gasteiger partial charge < -0.3 is 16.0 Å². The van der Waals surface area contributed by atoms with Crippen molar-refractivity contribution >= 4 is 17.6 Å². The molecule has 3 N–H and O–H groups in total. The van der Waals surface area contributed by atoms with E-state index < -0.39 is 0 Å². The molecule has 104 valence electrons. The first-order chi connectivity index (χ1) is 8.88. The number of rotatable bonds is 4. The van der Waals surface area contributed by atoms with E-state index >= 15 is 0 Å². The maximum absolute atomic E-state index is 11.6. The number of benzene rings is 1. The fourth-order valence-electron chi connectivity index (χ4n) is 1.67. The van der Waals surface area contributed by atoms with Crippen LogP contribution in [-0.2, 0) is 4.79 Å². The van der Waals surface area contributed by atoms with E-state index in [0.717, 1.165) is 11.3 Å². The lowest BCUT2D eigenvalue weighted by Gasteiger charge is -2.17. The van der Waals surface area contributed by atoms with E-state index in [-0.39, 0.29) is 24.0 Å². The molecule has 0 heterocycles. The summed E-state index contributed by atoms with van der Waals surface area (Å²) in [5.41, 5.74) is 1.66. The van der Waals surface area contributed by atoms with E-state index in [1.165, 1.54) is 6.92 Å². The first-order valence-electron chi connectivity index (χ1n) is 6.33. The lowest BCUT2D eigenvalue weighted by Crippen LogP contribution is -2.40. The second kappa shape index (κ2) is 6.78. The minimum atomic E-state index is -0.201. The minimum Gasteiger partial charge on any atom is -0.336 e. The minimum absolute atomic E-state index is 0.0953. The van der Waals surface area contributed by atoms with Crippen molar-refractivity contribution in [3.63, 3.8) is 0 Å². The Morgan fingerprint density at radius 2 is 1.79 bits per heavy atom. The van der Waals surface area contributed by atoms with Gasteiger partial charge in [-0.1, -0.05) is 12.1 Å². The monoisotopic (exact) mass is 263 g/mol. The van der Waals surface area contributed by atoms with E-state index in [0.29, 0.717) is 0 Å². The molecule has 0 aliphatic carbocycles. The van der Waals surface area contributed by atoms with Gasteiger partial charge in [0.2, 0.25) is 5.91 Å². The molecule has 0 aliphatic heterocycles. The van der Waals surface area contributed by atoms with Crippen molar-refractivity contribution in [1.82, 2.24) is 10.6 Å². The average Bonchev–Trinajstić information content (AvgIpc) is 2.27. The largest absolute Gasteiger partial charge is 0.336 e. The Morgan fingerprint density at radius 1 is 1.11 bits per heavy atom. The lowest BCUT2D eigenvalue weighted by molar-refractivity contribution is -0.114. The van der Waals surface area contributed by atoms with Crippen LogP contribution in [0.25, 0.3) is 0 Å². The van der Waals surface area contributed by atoms with Crippen molar-refractivity contribution in [1.29, 1.82) is 0 Å². The predicted molar refractivity (Wildman–Crippen MR) is 76.0 cm³/mol. The molecule has 0 fully saturated rings. The summed E-state index contributed by atoms with van der Waals surface area (Å²) in [6.07, 6.45) is 0. The van der Waals surface area contributed by atoms with Gasteiger partial charge in [0.05, 0.1) is 6.04 Å². The van der Waals surface area contributed by atoms with Crippen LogP contribution < -0.4 is 16.0 Å². The van der Waals surface area contributed by atoms with Crippen LogP contribution >= 0.6 is 0 Å². The van der Waals surface area contributed by atoms with Gasteiger partial charge in [-0.05, 0) is 38.5 Å². The van der Waals surface area contributed by atoms with Crippen LogP contribution in [0.3, 0.4) is 0 Å². The Kier molecular flexibility index (Phi) is 5.36. The molecule has 19 heavy (non-hydrogen) atoms. The van der Waals surface area contributed by atoms with Crippen LogP contribution in [0.2, 0.25) is 0 Å². The maximum Gasteiger partial charge on any atom is 0.315 e. The number of hydrogen-bond donors (Lipinski definition) is 3. The zero-order chi connectivity index (χ0) is 14.4. The van der Waals surface area contributed by atoms with E-state index in [9.17, 15) is 9.59 Å². The topological polar surface area (TPSA) is 70.2 Å². The molecular weight excluding hydrogens is 242 g/mol. The fourth-order valence-corrected chi connectivity index (χ4v) is 1.67. The molecule has 1 rings (SSSR count). The van der Waals surface area contributed by atoms with Crippen LogP contribution in [0.5, 0.6) is 0 Å². The molecule has 0 saturated heterocycles. The summed E-state index contributed by atoms with van der Waals surface area (Å²) in [6.45, 7) is 7.17. The molecule has 1 atom stereocenters. The first kappa shape index (κ1) is 15.0. The normalized spacial score (nSPS) is 11.8. The molecule has 0 aromatic heterocycles. The molecule has 0 bridgehead atoms. The van der Waals surface area contributed by atoms with Crippen molar-refractivity contribution in [2.45, 2.75) is 39.8 Å². The number of amides is 3. The summed E-state index contributed by atoms with van der Waals surface area (Å²) in [4.78, 5) is 22.6. The third-order valence-electron chi connectivity index (χ3n) is 2.47. The molecule has 1 aromatic carbocycles. The predicted octanol–water partition coefficient (Wildman–Crippen LogP) is 2.41. The summed E-state index contributed by atoms with van der Waals surface area (Å²) in [5.74, 6) is -0.115. The number of carbonyl (C=O) groups excluding carboxylic acids is 2. The lowest BCUT2D eigenvalue weighted by atomic mass is 10.1. The highest BCUT2D eigenvalue weighted by Gasteiger charge is 2.10. The fraction of sp³-hybridized carbons (Fsp3) is 0.429. The van der Waals surface area contributed by atoms with Crippen molar-refractivity contribution in [3.8, 4) is 0 Å². The number of urea groups is 1. The van der Waals surface area contributed by atoms with E-state index in [1.807, 2.05) is 45.0 Å². The van der Waals surface area contributed by atoms with Gasteiger partial charge >= 0.3 is 6.03 Å². The Bertz CT molecular complexity index is 458. The van der Waals surface area contributed by atoms with Crippen molar-refractivity contribution < 1.29 is 9.59 Å². The van der Waals surface area contributed by atoms with Crippen LogP contribution in [0.4, 0.5) is 10.5 Å². The third kappa shape index (κ3) is 5.42. The maximum atomic E-state index is 11.6. The second-order valence-corrected chi connectivity index (χ2v) is 4.80. The van der Waals surface area contributed by atoms with Crippen LogP contribution in [0, 0.1) is 0 Å². The number of hydrogen-bond acceptors (Lipinski definition) is 2. The number of nitrogens with one attached hydrogen (secondary N) is 3. The Labute approximate surface area is 113 Å². The molecular formula is C14H21N3O2. The van der Waals surface area contributed by atoms with E-state index in [1.54, 1.807) is 0 Å². The molecule has 0 spiro atoms. The molecule has 5 heteroatoms. The molecule has 0 radical (unpaired) electrons. The molecule has 3 amide bonds. The summed E-state index contributed by atoms with van der Waals surface area (Å²) in [6, 6.07) is 7.18. The zero-order valence-corrected chi connectivity index (χ0v) is 11.8. The van der Waals surface area contributed by atoms with Crippen molar-refractivity contribution in [2.75, 3.05) is 5.32 Å². The standard InChI is InChI=1S/C14H21N3O2/c1-9(2)15-14(19)16-10(3)12-6-5-7-13(8-12)17-11(4)18/h5-10H,1-4H3,(H,17,18)(H2,15,16,19). The Balaban J connectivity index is 2.68. The highest BCUT2D eigenvalue weighted by atomic mass is 16.2. The van der Waals surface area contributed by atoms with Crippen LogP contribution in [0.15, 0.2) is 24.3 Å². The number of carbonyl (C=O) groups is 2. The first-order valence-corrected chi connectivity index (χ1v) is 6.33. The van der Waals surface area contributed by atoms with E-state index in [4.69, 9.17) is 0 Å². The third-order valence-corrected chi connectivity index (χ3v) is 2.47. The average molecular weight is 263 g/mol. The van der Waals surface area contributed by atoms with Gasteiger partial charge in [0.25, 0.3) is 0 Å². The smallest absolute Gasteiger partial charge is 0.315 e. The zero-order valence-electron chi connectivity index (χ0n) is 11.8.